The van der Waals surface area contributed by atoms with Crippen molar-refractivity contribution in [3.05, 3.63) is 48.0 Å². The molecule has 9 nitrogen and oxygen atoms in total. The Morgan fingerprint density at radius 2 is 1.93 bits per heavy atom. The van der Waals surface area contributed by atoms with E-state index in [1.54, 1.807) is 41.4 Å². The molecule has 9 heteroatoms. The van der Waals surface area contributed by atoms with Crippen LogP contribution in [0.2, 0.25) is 0 Å². The van der Waals surface area contributed by atoms with Gasteiger partial charge in [0.25, 0.3) is 5.91 Å². The van der Waals surface area contributed by atoms with Crippen LogP contribution in [0, 0.1) is 0 Å². The van der Waals surface area contributed by atoms with Crippen molar-refractivity contribution in [2.24, 2.45) is 0 Å². The highest BCUT2D eigenvalue weighted by molar-refractivity contribution is 5.92. The number of pyridine rings is 1. The van der Waals surface area contributed by atoms with Gasteiger partial charge in [-0.05, 0) is 24.6 Å². The van der Waals surface area contributed by atoms with Gasteiger partial charge in [-0.3, -0.25) is 9.78 Å². The molecule has 0 aliphatic carbocycles. The molecule has 1 saturated heterocycles. The number of anilines is 1. The van der Waals surface area contributed by atoms with Crippen LogP contribution >= 0.6 is 0 Å². The molecule has 3 heterocycles. The molecule has 2 amide bonds. The highest BCUT2D eigenvalue weighted by Crippen LogP contribution is 2.10. The average molecular weight is 370 g/mol. The zero-order valence-electron chi connectivity index (χ0n) is 15.2. The molecule has 1 aliphatic rings. The average Bonchev–Trinajstić information content (AvgIpc) is 2.73. The second-order valence-electron chi connectivity index (χ2n) is 5.96. The van der Waals surface area contributed by atoms with Crippen LogP contribution in [-0.4, -0.2) is 69.5 Å². The van der Waals surface area contributed by atoms with E-state index in [1.165, 1.54) is 0 Å². The third-order valence-corrected chi connectivity index (χ3v) is 4.14. The normalized spacial score (nSPS) is 14.0. The number of carbonyl (C=O) groups is 2. The molecule has 142 valence electrons. The Hall–Kier alpha value is -3.23. The lowest BCUT2D eigenvalue weighted by Gasteiger charge is -2.33. The van der Waals surface area contributed by atoms with Crippen LogP contribution in [0.15, 0.2) is 36.8 Å². The molecule has 2 aromatic rings. The van der Waals surface area contributed by atoms with Gasteiger partial charge in [0, 0.05) is 51.3 Å². The van der Waals surface area contributed by atoms with Crippen LogP contribution in [0.5, 0.6) is 0 Å². The Morgan fingerprint density at radius 3 is 2.63 bits per heavy atom. The third-order valence-electron chi connectivity index (χ3n) is 4.14. The van der Waals surface area contributed by atoms with Crippen LogP contribution in [-0.2, 0) is 11.3 Å². The molecule has 0 unspecified atom stereocenters. The summed E-state index contributed by atoms with van der Waals surface area (Å²) < 4.78 is 4.99. The van der Waals surface area contributed by atoms with Gasteiger partial charge in [-0.1, -0.05) is 6.07 Å². The first-order valence-corrected chi connectivity index (χ1v) is 8.84. The lowest BCUT2D eigenvalue weighted by Crippen LogP contribution is -2.50. The van der Waals surface area contributed by atoms with Crippen molar-refractivity contribution in [2.75, 3.05) is 38.1 Å². The van der Waals surface area contributed by atoms with Crippen molar-refractivity contribution in [2.45, 2.75) is 13.5 Å². The highest BCUT2D eigenvalue weighted by atomic mass is 16.6. The molecule has 1 fully saturated rings. The van der Waals surface area contributed by atoms with Crippen LogP contribution in [0.1, 0.15) is 23.0 Å². The number of nitrogens with zero attached hydrogens (tertiary/aromatic N) is 5. The van der Waals surface area contributed by atoms with Crippen LogP contribution in [0.4, 0.5) is 10.7 Å². The SMILES string of the molecule is CCOC(=O)N1CCN(C(=O)c2ccnc(NCc3cccnc3)n2)CC1. The minimum atomic E-state index is -0.339. The standard InChI is InChI=1S/C18H22N6O3/c1-2-27-18(26)24-10-8-23(9-11-24)16(25)15-5-7-20-17(22-15)21-13-14-4-3-6-19-12-14/h3-7,12H,2,8-11,13H2,1H3,(H,20,21,22). The van der Waals surface area contributed by atoms with E-state index in [1.807, 2.05) is 12.1 Å². The van der Waals surface area contributed by atoms with Gasteiger partial charge >= 0.3 is 6.09 Å². The molecule has 27 heavy (non-hydrogen) atoms. The van der Waals surface area contributed by atoms with E-state index >= 15 is 0 Å². The molecular weight excluding hydrogens is 348 g/mol. The first-order valence-electron chi connectivity index (χ1n) is 8.84. The zero-order valence-corrected chi connectivity index (χ0v) is 15.2. The molecule has 2 aromatic heterocycles. The fourth-order valence-corrected chi connectivity index (χ4v) is 2.72. The Morgan fingerprint density at radius 1 is 1.15 bits per heavy atom. The molecule has 3 rings (SSSR count). The van der Waals surface area contributed by atoms with Gasteiger partial charge in [-0.25, -0.2) is 14.8 Å². The monoisotopic (exact) mass is 370 g/mol. The summed E-state index contributed by atoms with van der Waals surface area (Å²) >= 11 is 0. The van der Waals surface area contributed by atoms with Crippen LogP contribution in [0.3, 0.4) is 0 Å². The largest absolute Gasteiger partial charge is 0.450 e. The smallest absolute Gasteiger partial charge is 0.409 e. The summed E-state index contributed by atoms with van der Waals surface area (Å²) in [5.74, 6) is 0.209. The lowest BCUT2D eigenvalue weighted by molar-refractivity contribution is 0.0566. The number of hydrogen-bond donors (Lipinski definition) is 1. The molecule has 0 atom stereocenters. The minimum Gasteiger partial charge on any atom is -0.450 e. The van der Waals surface area contributed by atoms with E-state index in [0.29, 0.717) is 51.0 Å². The number of ether oxygens (including phenoxy) is 1. The van der Waals surface area contributed by atoms with E-state index in [2.05, 4.69) is 20.3 Å². The Kier molecular flexibility index (Phi) is 6.14. The molecule has 0 aromatic carbocycles. The van der Waals surface area contributed by atoms with Crippen molar-refractivity contribution < 1.29 is 14.3 Å². The summed E-state index contributed by atoms with van der Waals surface area (Å²) in [5.41, 5.74) is 1.32. The van der Waals surface area contributed by atoms with Gasteiger partial charge < -0.3 is 19.9 Å². The molecule has 0 saturated carbocycles. The number of carbonyl (C=O) groups excluding carboxylic acids is 2. The lowest BCUT2D eigenvalue weighted by atomic mass is 10.2. The molecule has 0 radical (unpaired) electrons. The summed E-state index contributed by atoms with van der Waals surface area (Å²) in [6.07, 6.45) is 4.68. The molecule has 1 N–H and O–H groups in total. The van der Waals surface area contributed by atoms with Crippen molar-refractivity contribution in [1.82, 2.24) is 24.8 Å². The number of nitrogens with one attached hydrogen (secondary N) is 1. The van der Waals surface area contributed by atoms with E-state index in [9.17, 15) is 9.59 Å². The summed E-state index contributed by atoms with van der Waals surface area (Å²) in [7, 11) is 0. The number of hydrogen-bond acceptors (Lipinski definition) is 7. The fraction of sp³-hybridized carbons (Fsp3) is 0.389. The number of aromatic nitrogens is 3. The second kappa shape index (κ2) is 8.93. The maximum Gasteiger partial charge on any atom is 0.409 e. The van der Waals surface area contributed by atoms with E-state index in [-0.39, 0.29) is 12.0 Å². The summed E-state index contributed by atoms with van der Waals surface area (Å²) in [5, 5.41) is 3.09. The molecular formula is C18H22N6O3. The molecule has 1 aliphatic heterocycles. The number of amides is 2. The van der Waals surface area contributed by atoms with Crippen LogP contribution < -0.4 is 5.32 Å². The van der Waals surface area contributed by atoms with E-state index in [0.717, 1.165) is 5.56 Å². The zero-order chi connectivity index (χ0) is 19.1. The summed E-state index contributed by atoms with van der Waals surface area (Å²) in [6.45, 7) is 4.41. The van der Waals surface area contributed by atoms with Gasteiger partial charge in [-0.2, -0.15) is 0 Å². The van der Waals surface area contributed by atoms with Crippen molar-refractivity contribution in [3.63, 3.8) is 0 Å². The Bertz CT molecular complexity index is 778. The van der Waals surface area contributed by atoms with Gasteiger partial charge in [0.2, 0.25) is 5.95 Å². The van der Waals surface area contributed by atoms with Crippen molar-refractivity contribution >= 4 is 17.9 Å². The maximum absolute atomic E-state index is 12.7. The Balaban J connectivity index is 1.57. The third kappa shape index (κ3) is 4.90. The number of piperazine rings is 1. The van der Waals surface area contributed by atoms with Gasteiger partial charge in [-0.15, -0.1) is 0 Å². The van der Waals surface area contributed by atoms with Crippen molar-refractivity contribution in [1.29, 1.82) is 0 Å². The molecule has 0 bridgehead atoms. The second-order valence-corrected chi connectivity index (χ2v) is 5.96. The minimum absolute atomic E-state index is 0.176. The van der Waals surface area contributed by atoms with Gasteiger partial charge in [0.1, 0.15) is 5.69 Å². The van der Waals surface area contributed by atoms with E-state index < -0.39 is 0 Å². The quantitative estimate of drug-likeness (QED) is 0.849. The first-order chi connectivity index (χ1) is 13.2. The fourth-order valence-electron chi connectivity index (χ4n) is 2.72. The predicted octanol–water partition coefficient (Wildman–Crippen LogP) is 1.40. The number of rotatable bonds is 5. The highest BCUT2D eigenvalue weighted by Gasteiger charge is 2.26. The Labute approximate surface area is 157 Å². The molecule has 0 spiro atoms. The summed E-state index contributed by atoms with van der Waals surface area (Å²) in [4.78, 5) is 40.2. The van der Waals surface area contributed by atoms with E-state index in [4.69, 9.17) is 4.74 Å². The van der Waals surface area contributed by atoms with Gasteiger partial charge in [0.05, 0.1) is 6.61 Å². The van der Waals surface area contributed by atoms with Crippen molar-refractivity contribution in [3.8, 4) is 0 Å². The topological polar surface area (TPSA) is 101 Å². The van der Waals surface area contributed by atoms with Gasteiger partial charge in [0.15, 0.2) is 0 Å². The maximum atomic E-state index is 12.7. The predicted molar refractivity (Wildman–Crippen MR) is 98.1 cm³/mol. The first kappa shape index (κ1) is 18.6. The van der Waals surface area contributed by atoms with Crippen LogP contribution in [0.25, 0.3) is 0 Å². The summed E-state index contributed by atoms with van der Waals surface area (Å²) in [6, 6.07) is 5.39.